The van der Waals surface area contributed by atoms with Crippen LogP contribution in [-0.2, 0) is 0 Å². The first-order valence-electron chi connectivity index (χ1n) is 6.25. The highest BCUT2D eigenvalue weighted by Gasteiger charge is 2.22. The van der Waals surface area contributed by atoms with Crippen molar-refractivity contribution < 1.29 is 0 Å². The standard InChI is InChI=1S/C12H26N2/c1-3-12(8-9-13)14-10-6-4-5-7-11(14)2/h11-12H,3-10,13H2,1-2H3. The van der Waals surface area contributed by atoms with Crippen LogP contribution < -0.4 is 5.73 Å². The molecule has 2 unspecified atom stereocenters. The molecule has 2 heteroatoms. The van der Waals surface area contributed by atoms with Crippen LogP contribution in [0, 0.1) is 0 Å². The Bertz CT molecular complexity index is 147. The minimum Gasteiger partial charge on any atom is -0.330 e. The summed E-state index contributed by atoms with van der Waals surface area (Å²) >= 11 is 0. The van der Waals surface area contributed by atoms with Crippen LogP contribution in [0.1, 0.15) is 52.4 Å². The van der Waals surface area contributed by atoms with Crippen molar-refractivity contribution in [3.8, 4) is 0 Å². The zero-order chi connectivity index (χ0) is 10.4. The molecule has 0 bridgehead atoms. The van der Waals surface area contributed by atoms with E-state index in [1.807, 2.05) is 0 Å². The van der Waals surface area contributed by atoms with Crippen LogP contribution in [0.15, 0.2) is 0 Å². The van der Waals surface area contributed by atoms with Gasteiger partial charge in [-0.15, -0.1) is 0 Å². The summed E-state index contributed by atoms with van der Waals surface area (Å²) in [5.41, 5.74) is 5.67. The van der Waals surface area contributed by atoms with Gasteiger partial charge >= 0.3 is 0 Å². The predicted octanol–water partition coefficient (Wildman–Crippen LogP) is 2.38. The van der Waals surface area contributed by atoms with Crippen LogP contribution in [0.2, 0.25) is 0 Å². The van der Waals surface area contributed by atoms with Gasteiger partial charge in [-0.05, 0) is 45.7 Å². The smallest absolute Gasteiger partial charge is 0.0107 e. The Morgan fingerprint density at radius 2 is 2.14 bits per heavy atom. The summed E-state index contributed by atoms with van der Waals surface area (Å²) in [5, 5.41) is 0. The first-order chi connectivity index (χ1) is 6.79. The molecule has 1 rings (SSSR count). The third-order valence-electron chi connectivity index (χ3n) is 3.54. The van der Waals surface area contributed by atoms with Gasteiger partial charge in [0.05, 0.1) is 0 Å². The molecule has 0 amide bonds. The number of likely N-dealkylation sites (tertiary alicyclic amines) is 1. The van der Waals surface area contributed by atoms with E-state index in [2.05, 4.69) is 18.7 Å². The van der Waals surface area contributed by atoms with Gasteiger partial charge in [0.2, 0.25) is 0 Å². The Kier molecular flexibility index (Phi) is 5.49. The molecule has 0 aromatic heterocycles. The van der Waals surface area contributed by atoms with Gasteiger partial charge < -0.3 is 5.73 Å². The molecule has 0 saturated carbocycles. The van der Waals surface area contributed by atoms with Crippen molar-refractivity contribution >= 4 is 0 Å². The quantitative estimate of drug-likeness (QED) is 0.751. The third kappa shape index (κ3) is 3.25. The zero-order valence-electron chi connectivity index (χ0n) is 9.84. The Morgan fingerprint density at radius 1 is 1.36 bits per heavy atom. The van der Waals surface area contributed by atoms with Gasteiger partial charge in [-0.1, -0.05) is 19.8 Å². The number of nitrogens with two attached hydrogens (primary N) is 1. The minimum atomic E-state index is 0.730. The van der Waals surface area contributed by atoms with Gasteiger partial charge in [0.1, 0.15) is 0 Å². The molecule has 1 fully saturated rings. The van der Waals surface area contributed by atoms with E-state index in [1.54, 1.807) is 0 Å². The van der Waals surface area contributed by atoms with E-state index in [0.29, 0.717) is 0 Å². The Labute approximate surface area is 88.8 Å². The number of hydrogen-bond acceptors (Lipinski definition) is 2. The fourth-order valence-electron chi connectivity index (χ4n) is 2.64. The van der Waals surface area contributed by atoms with Crippen LogP contribution in [0.5, 0.6) is 0 Å². The fourth-order valence-corrected chi connectivity index (χ4v) is 2.64. The molecule has 14 heavy (non-hydrogen) atoms. The maximum absolute atomic E-state index is 5.67. The van der Waals surface area contributed by atoms with Crippen LogP contribution in [0.25, 0.3) is 0 Å². The molecule has 0 aliphatic carbocycles. The molecule has 2 N–H and O–H groups in total. The van der Waals surface area contributed by atoms with Gasteiger partial charge in [-0.3, -0.25) is 4.90 Å². The topological polar surface area (TPSA) is 29.3 Å². The summed E-state index contributed by atoms with van der Waals surface area (Å²) in [7, 11) is 0. The predicted molar refractivity (Wildman–Crippen MR) is 62.4 cm³/mol. The van der Waals surface area contributed by atoms with E-state index in [9.17, 15) is 0 Å². The van der Waals surface area contributed by atoms with E-state index in [-0.39, 0.29) is 0 Å². The van der Waals surface area contributed by atoms with Crippen LogP contribution >= 0.6 is 0 Å². The molecular weight excluding hydrogens is 172 g/mol. The molecule has 1 heterocycles. The highest BCUT2D eigenvalue weighted by molar-refractivity contribution is 4.78. The first kappa shape index (κ1) is 12.0. The average molecular weight is 198 g/mol. The van der Waals surface area contributed by atoms with Crippen LogP contribution in [-0.4, -0.2) is 30.1 Å². The average Bonchev–Trinajstić information content (AvgIpc) is 2.40. The molecule has 84 valence electrons. The molecule has 0 radical (unpaired) electrons. The monoisotopic (exact) mass is 198 g/mol. The molecule has 2 atom stereocenters. The van der Waals surface area contributed by atoms with Crippen LogP contribution in [0.3, 0.4) is 0 Å². The van der Waals surface area contributed by atoms with Gasteiger partial charge in [0.15, 0.2) is 0 Å². The summed E-state index contributed by atoms with van der Waals surface area (Å²) in [6.07, 6.45) is 8.01. The van der Waals surface area contributed by atoms with Gasteiger partial charge in [0.25, 0.3) is 0 Å². The molecule has 1 saturated heterocycles. The van der Waals surface area contributed by atoms with E-state index in [4.69, 9.17) is 5.73 Å². The maximum atomic E-state index is 5.67. The highest BCUT2D eigenvalue weighted by atomic mass is 15.2. The minimum absolute atomic E-state index is 0.730. The maximum Gasteiger partial charge on any atom is 0.0107 e. The third-order valence-corrected chi connectivity index (χ3v) is 3.54. The van der Waals surface area contributed by atoms with Crippen molar-refractivity contribution in [2.45, 2.75) is 64.5 Å². The molecule has 2 nitrogen and oxygen atoms in total. The van der Waals surface area contributed by atoms with E-state index >= 15 is 0 Å². The lowest BCUT2D eigenvalue weighted by Crippen LogP contribution is -2.42. The van der Waals surface area contributed by atoms with Crippen molar-refractivity contribution in [3.63, 3.8) is 0 Å². The summed E-state index contributed by atoms with van der Waals surface area (Å²) in [4.78, 5) is 2.69. The second kappa shape index (κ2) is 6.41. The molecule has 0 aromatic rings. The summed E-state index contributed by atoms with van der Waals surface area (Å²) in [6, 6.07) is 1.50. The van der Waals surface area contributed by atoms with Gasteiger partial charge in [0, 0.05) is 12.1 Å². The van der Waals surface area contributed by atoms with Crippen molar-refractivity contribution in [2.24, 2.45) is 5.73 Å². The molecule has 0 spiro atoms. The fraction of sp³-hybridized carbons (Fsp3) is 1.00. The normalized spacial score (nSPS) is 27.2. The lowest BCUT2D eigenvalue weighted by Gasteiger charge is -2.34. The second-order valence-corrected chi connectivity index (χ2v) is 4.58. The highest BCUT2D eigenvalue weighted by Crippen LogP contribution is 2.21. The molecular formula is C12H26N2. The van der Waals surface area contributed by atoms with E-state index < -0.39 is 0 Å². The summed E-state index contributed by atoms with van der Waals surface area (Å²) in [6.45, 7) is 6.80. The lowest BCUT2D eigenvalue weighted by atomic mass is 10.1. The first-order valence-corrected chi connectivity index (χ1v) is 6.25. The molecule has 0 aromatic carbocycles. The Morgan fingerprint density at radius 3 is 2.79 bits per heavy atom. The Hall–Kier alpha value is -0.0800. The largest absolute Gasteiger partial charge is 0.330 e. The van der Waals surface area contributed by atoms with Gasteiger partial charge in [-0.25, -0.2) is 0 Å². The summed E-state index contributed by atoms with van der Waals surface area (Å²) < 4.78 is 0. The zero-order valence-corrected chi connectivity index (χ0v) is 9.84. The van der Waals surface area contributed by atoms with Crippen molar-refractivity contribution in [1.29, 1.82) is 0 Å². The Balaban J connectivity index is 2.51. The molecule has 1 aliphatic heterocycles. The van der Waals surface area contributed by atoms with E-state index in [1.165, 1.54) is 45.1 Å². The van der Waals surface area contributed by atoms with Crippen molar-refractivity contribution in [1.82, 2.24) is 4.90 Å². The van der Waals surface area contributed by atoms with Crippen LogP contribution in [0.4, 0.5) is 0 Å². The SMILES string of the molecule is CCC(CCN)N1CCCCCC1C. The van der Waals surface area contributed by atoms with Crippen molar-refractivity contribution in [3.05, 3.63) is 0 Å². The van der Waals surface area contributed by atoms with Crippen molar-refractivity contribution in [2.75, 3.05) is 13.1 Å². The summed E-state index contributed by atoms with van der Waals surface area (Å²) in [5.74, 6) is 0. The second-order valence-electron chi connectivity index (χ2n) is 4.58. The number of nitrogens with zero attached hydrogens (tertiary/aromatic N) is 1. The lowest BCUT2D eigenvalue weighted by molar-refractivity contribution is 0.137. The number of hydrogen-bond donors (Lipinski definition) is 1. The number of rotatable bonds is 4. The molecule has 1 aliphatic rings. The van der Waals surface area contributed by atoms with Gasteiger partial charge in [-0.2, -0.15) is 0 Å². The van der Waals surface area contributed by atoms with E-state index in [0.717, 1.165) is 18.6 Å².